The number of alkyl halides is 1. The molecular weight excluding hydrogens is 182 g/mol. The Labute approximate surface area is 60.8 Å². The Balaban J connectivity index is 3.02. The highest BCUT2D eigenvalue weighted by Crippen LogP contribution is 2.05. The average molecular weight is 186 g/mol. The van der Waals surface area contributed by atoms with E-state index in [1.54, 1.807) is 0 Å². The van der Waals surface area contributed by atoms with E-state index in [0.717, 1.165) is 5.69 Å². The number of rotatable bonds is 1. The first-order chi connectivity index (χ1) is 4.38. The number of hydrogen-bond acceptors (Lipinski definition) is 2. The van der Waals surface area contributed by atoms with Crippen molar-refractivity contribution in [1.29, 1.82) is 5.26 Å². The van der Waals surface area contributed by atoms with Gasteiger partial charge < -0.3 is 0 Å². The molecule has 1 rings (SSSR count). The second-order valence-corrected chi connectivity index (χ2v) is 2.07. The molecule has 1 aromatic rings. The number of aromatic amines is 1. The maximum Gasteiger partial charge on any atom is 0.103 e. The van der Waals surface area contributed by atoms with E-state index in [1.165, 1.54) is 6.20 Å². The van der Waals surface area contributed by atoms with E-state index in [2.05, 4.69) is 26.1 Å². The fraction of sp³-hybridized carbons (Fsp3) is 0.200. The minimum absolute atomic E-state index is 0.604. The van der Waals surface area contributed by atoms with Crippen molar-refractivity contribution in [3.8, 4) is 6.07 Å². The zero-order chi connectivity index (χ0) is 6.69. The maximum absolute atomic E-state index is 8.41. The summed E-state index contributed by atoms with van der Waals surface area (Å²) in [5.41, 5.74) is 1.43. The molecule has 0 aliphatic carbocycles. The molecule has 9 heavy (non-hydrogen) atoms. The molecule has 3 nitrogen and oxygen atoms in total. The van der Waals surface area contributed by atoms with Crippen molar-refractivity contribution in [2.75, 3.05) is 0 Å². The SMILES string of the molecule is N#Cc1cn[nH]c1CBr. The van der Waals surface area contributed by atoms with E-state index >= 15 is 0 Å². The Bertz CT molecular complexity index is 235. The second-order valence-electron chi connectivity index (χ2n) is 1.51. The number of H-pyrrole nitrogens is 1. The van der Waals surface area contributed by atoms with Crippen LogP contribution in [-0.2, 0) is 5.33 Å². The van der Waals surface area contributed by atoms with Crippen molar-refractivity contribution in [2.45, 2.75) is 5.33 Å². The van der Waals surface area contributed by atoms with Crippen LogP contribution >= 0.6 is 15.9 Å². The Morgan fingerprint density at radius 3 is 3.11 bits per heavy atom. The van der Waals surface area contributed by atoms with Gasteiger partial charge in [0.05, 0.1) is 17.5 Å². The van der Waals surface area contributed by atoms with Crippen LogP contribution in [0, 0.1) is 11.3 Å². The van der Waals surface area contributed by atoms with E-state index in [-0.39, 0.29) is 0 Å². The Hall–Kier alpha value is -0.820. The summed E-state index contributed by atoms with van der Waals surface area (Å²) in [6.45, 7) is 0. The van der Waals surface area contributed by atoms with Crippen molar-refractivity contribution in [2.24, 2.45) is 0 Å². The summed E-state index contributed by atoms with van der Waals surface area (Å²) in [4.78, 5) is 0. The van der Waals surface area contributed by atoms with Gasteiger partial charge in [-0.3, -0.25) is 5.10 Å². The monoisotopic (exact) mass is 185 g/mol. The summed E-state index contributed by atoms with van der Waals surface area (Å²) in [5.74, 6) is 0. The van der Waals surface area contributed by atoms with Gasteiger partial charge >= 0.3 is 0 Å². The van der Waals surface area contributed by atoms with Crippen LogP contribution in [0.15, 0.2) is 6.20 Å². The van der Waals surface area contributed by atoms with E-state index in [0.29, 0.717) is 10.9 Å². The molecule has 0 saturated carbocycles. The lowest BCUT2D eigenvalue weighted by molar-refractivity contribution is 1.04. The lowest BCUT2D eigenvalue weighted by Gasteiger charge is -1.83. The molecule has 4 heteroatoms. The number of hydrogen-bond donors (Lipinski definition) is 1. The lowest BCUT2D eigenvalue weighted by Crippen LogP contribution is -1.79. The third-order valence-electron chi connectivity index (χ3n) is 0.972. The minimum atomic E-state index is 0.604. The van der Waals surface area contributed by atoms with Crippen LogP contribution in [0.1, 0.15) is 11.3 Å². The summed E-state index contributed by atoms with van der Waals surface area (Å²) in [7, 11) is 0. The quantitative estimate of drug-likeness (QED) is 0.669. The molecule has 0 aromatic carbocycles. The summed E-state index contributed by atoms with van der Waals surface area (Å²) in [6, 6.07) is 2.00. The first kappa shape index (κ1) is 6.30. The molecule has 1 N–H and O–H groups in total. The van der Waals surface area contributed by atoms with Gasteiger partial charge in [-0.15, -0.1) is 0 Å². The van der Waals surface area contributed by atoms with Gasteiger partial charge in [-0.05, 0) is 0 Å². The molecule has 0 bridgehead atoms. The Kier molecular flexibility index (Phi) is 1.85. The van der Waals surface area contributed by atoms with Gasteiger partial charge in [-0.25, -0.2) is 0 Å². The lowest BCUT2D eigenvalue weighted by atomic mass is 10.3. The van der Waals surface area contributed by atoms with E-state index in [1.807, 2.05) is 6.07 Å². The van der Waals surface area contributed by atoms with Gasteiger partial charge in [-0.2, -0.15) is 10.4 Å². The molecule has 0 aliphatic heterocycles. The molecule has 1 heterocycles. The molecule has 0 saturated heterocycles. The molecule has 0 spiro atoms. The smallest absolute Gasteiger partial charge is 0.103 e. The van der Waals surface area contributed by atoms with Gasteiger partial charge in [0.1, 0.15) is 6.07 Å². The van der Waals surface area contributed by atoms with Gasteiger partial charge in [0.25, 0.3) is 0 Å². The van der Waals surface area contributed by atoms with Crippen LogP contribution < -0.4 is 0 Å². The Morgan fingerprint density at radius 2 is 2.67 bits per heavy atom. The van der Waals surface area contributed by atoms with Crippen molar-refractivity contribution in [3.05, 3.63) is 17.5 Å². The molecule has 1 aromatic heterocycles. The molecule has 0 unspecified atom stereocenters. The first-order valence-corrected chi connectivity index (χ1v) is 3.49. The topological polar surface area (TPSA) is 52.5 Å². The molecule has 0 aliphatic rings. The number of nitrogens with zero attached hydrogens (tertiary/aromatic N) is 2. The van der Waals surface area contributed by atoms with Crippen LogP contribution in [0.3, 0.4) is 0 Å². The van der Waals surface area contributed by atoms with Crippen molar-refractivity contribution < 1.29 is 0 Å². The predicted octanol–water partition coefficient (Wildman–Crippen LogP) is 1.18. The zero-order valence-electron chi connectivity index (χ0n) is 4.56. The van der Waals surface area contributed by atoms with Crippen molar-refractivity contribution >= 4 is 15.9 Å². The third-order valence-corrected chi connectivity index (χ3v) is 1.53. The average Bonchev–Trinajstić information content (AvgIpc) is 2.33. The standard InChI is InChI=1S/C5H4BrN3/c6-1-5-4(2-7)3-8-9-5/h3H,1H2,(H,8,9). The number of nitriles is 1. The zero-order valence-corrected chi connectivity index (χ0v) is 6.14. The molecule has 0 radical (unpaired) electrons. The van der Waals surface area contributed by atoms with Gasteiger partial charge in [0.15, 0.2) is 0 Å². The number of halogens is 1. The summed E-state index contributed by atoms with van der Waals surface area (Å²) in [6.07, 6.45) is 1.51. The summed E-state index contributed by atoms with van der Waals surface area (Å²) >= 11 is 3.21. The van der Waals surface area contributed by atoms with Crippen LogP contribution in [0.2, 0.25) is 0 Å². The van der Waals surface area contributed by atoms with Crippen LogP contribution in [0.5, 0.6) is 0 Å². The third kappa shape index (κ3) is 1.11. The van der Waals surface area contributed by atoms with Crippen LogP contribution in [0.4, 0.5) is 0 Å². The molecule has 0 atom stereocenters. The maximum atomic E-state index is 8.41. The molecule has 0 fully saturated rings. The van der Waals surface area contributed by atoms with E-state index in [9.17, 15) is 0 Å². The highest BCUT2D eigenvalue weighted by Gasteiger charge is 1.99. The van der Waals surface area contributed by atoms with E-state index < -0.39 is 0 Å². The normalized spacial score (nSPS) is 8.89. The van der Waals surface area contributed by atoms with Gasteiger partial charge in [-0.1, -0.05) is 15.9 Å². The van der Waals surface area contributed by atoms with Crippen LogP contribution in [0.25, 0.3) is 0 Å². The molecule has 46 valence electrons. The number of nitrogens with one attached hydrogen (secondary N) is 1. The largest absolute Gasteiger partial charge is 0.280 e. The fourth-order valence-corrected chi connectivity index (χ4v) is 0.939. The fourth-order valence-electron chi connectivity index (χ4n) is 0.511. The van der Waals surface area contributed by atoms with Gasteiger partial charge in [0.2, 0.25) is 0 Å². The van der Waals surface area contributed by atoms with E-state index in [4.69, 9.17) is 5.26 Å². The molecular formula is C5H4BrN3. The van der Waals surface area contributed by atoms with Crippen molar-refractivity contribution in [3.63, 3.8) is 0 Å². The predicted molar refractivity (Wildman–Crippen MR) is 35.9 cm³/mol. The Morgan fingerprint density at radius 1 is 1.89 bits per heavy atom. The first-order valence-electron chi connectivity index (χ1n) is 2.36. The minimum Gasteiger partial charge on any atom is -0.280 e. The highest BCUT2D eigenvalue weighted by atomic mass is 79.9. The van der Waals surface area contributed by atoms with Crippen molar-refractivity contribution in [1.82, 2.24) is 10.2 Å². The number of aromatic nitrogens is 2. The highest BCUT2D eigenvalue weighted by molar-refractivity contribution is 9.08. The summed E-state index contributed by atoms with van der Waals surface area (Å²) in [5, 5.41) is 15.4. The van der Waals surface area contributed by atoms with Crippen LogP contribution in [-0.4, -0.2) is 10.2 Å². The summed E-state index contributed by atoms with van der Waals surface area (Å²) < 4.78 is 0. The molecule has 0 amide bonds. The second kappa shape index (κ2) is 2.65. The van der Waals surface area contributed by atoms with Gasteiger partial charge in [0, 0.05) is 5.33 Å².